The minimum Gasteiger partial charge on any atom is -0.310 e. The van der Waals surface area contributed by atoms with Crippen LogP contribution in [0.1, 0.15) is 71.6 Å². The molecule has 1 spiro atoms. The van der Waals surface area contributed by atoms with Crippen LogP contribution in [0, 0.1) is 0 Å². The Balaban J connectivity index is 1.18. The van der Waals surface area contributed by atoms with Gasteiger partial charge in [-0.2, -0.15) is 0 Å². The van der Waals surface area contributed by atoms with Gasteiger partial charge in [0.05, 0.1) is 11.1 Å². The third kappa shape index (κ3) is 5.90. The molecule has 12 rings (SSSR count). The first-order valence-corrected chi connectivity index (χ1v) is 22.8. The fourth-order valence-corrected chi connectivity index (χ4v) is 11.3. The summed E-state index contributed by atoms with van der Waals surface area (Å²) in [5.41, 5.74) is 25.6. The summed E-state index contributed by atoms with van der Waals surface area (Å²) >= 11 is 0. The van der Waals surface area contributed by atoms with Crippen LogP contribution in [0.2, 0.25) is 0 Å². The van der Waals surface area contributed by atoms with Crippen molar-refractivity contribution in [3.8, 4) is 55.6 Å². The van der Waals surface area contributed by atoms with Gasteiger partial charge in [-0.3, -0.25) is 0 Å². The van der Waals surface area contributed by atoms with Crippen LogP contribution in [0.15, 0.2) is 206 Å². The molecule has 63 heavy (non-hydrogen) atoms. The van der Waals surface area contributed by atoms with Crippen molar-refractivity contribution in [2.24, 2.45) is 0 Å². The third-order valence-corrected chi connectivity index (χ3v) is 14.2. The molecule has 3 aliphatic carbocycles. The molecule has 0 N–H and O–H groups in total. The number of benzene rings is 9. The lowest BCUT2D eigenvalue weighted by atomic mass is 9.70. The monoisotopic (exact) mass is 807 g/mol. The van der Waals surface area contributed by atoms with Gasteiger partial charge in [0.15, 0.2) is 0 Å². The zero-order chi connectivity index (χ0) is 42.1. The first-order chi connectivity index (χ1) is 31.1. The predicted molar refractivity (Wildman–Crippen MR) is 264 cm³/mol. The van der Waals surface area contributed by atoms with Gasteiger partial charge in [0.25, 0.3) is 0 Å². The molecule has 0 fully saturated rings. The molecule has 0 unspecified atom stereocenters. The van der Waals surface area contributed by atoms with E-state index in [1.54, 1.807) is 0 Å². The maximum absolute atomic E-state index is 2.60. The van der Waals surface area contributed by atoms with Gasteiger partial charge < -0.3 is 4.90 Å². The van der Waals surface area contributed by atoms with Crippen LogP contribution in [0.5, 0.6) is 0 Å². The van der Waals surface area contributed by atoms with Gasteiger partial charge in [0, 0.05) is 16.9 Å². The molecule has 3 aliphatic rings. The average molecular weight is 808 g/mol. The number of hydrogen-bond donors (Lipinski definition) is 0. The van der Waals surface area contributed by atoms with E-state index in [1.165, 1.54) is 113 Å². The highest BCUT2D eigenvalue weighted by molar-refractivity contribution is 6.00. The zero-order valence-corrected chi connectivity index (χ0v) is 36.0. The van der Waals surface area contributed by atoms with Crippen molar-refractivity contribution in [1.29, 1.82) is 0 Å². The predicted octanol–water partition coefficient (Wildman–Crippen LogP) is 16.5. The van der Waals surface area contributed by atoms with Gasteiger partial charge in [0.1, 0.15) is 0 Å². The van der Waals surface area contributed by atoms with E-state index in [1.807, 2.05) is 0 Å². The van der Waals surface area contributed by atoms with E-state index >= 15 is 0 Å². The summed E-state index contributed by atoms with van der Waals surface area (Å²) in [5.74, 6) is 0.351. The van der Waals surface area contributed by atoms with Gasteiger partial charge in [-0.05, 0) is 157 Å². The van der Waals surface area contributed by atoms with Crippen LogP contribution >= 0.6 is 0 Å². The summed E-state index contributed by atoms with van der Waals surface area (Å²) in [4.78, 5) is 2.55. The molecule has 0 bridgehead atoms. The Morgan fingerprint density at radius 3 is 1.29 bits per heavy atom. The topological polar surface area (TPSA) is 3.24 Å². The number of nitrogens with zero attached hydrogens (tertiary/aromatic N) is 1. The lowest BCUT2D eigenvalue weighted by molar-refractivity contribution is 0.683. The maximum atomic E-state index is 2.60. The van der Waals surface area contributed by atoms with Gasteiger partial charge in [-0.15, -0.1) is 0 Å². The Bertz CT molecular complexity index is 3050. The maximum Gasteiger partial charge on any atom is 0.0726 e. The molecular formula is C62H49N. The third-order valence-electron chi connectivity index (χ3n) is 14.2. The molecule has 0 radical (unpaired) electrons. The quantitative estimate of drug-likeness (QED) is 0.155. The van der Waals surface area contributed by atoms with E-state index < -0.39 is 5.41 Å². The van der Waals surface area contributed by atoms with Crippen molar-refractivity contribution in [3.05, 3.63) is 245 Å². The summed E-state index contributed by atoms with van der Waals surface area (Å²) in [6.07, 6.45) is 4.80. The van der Waals surface area contributed by atoms with Gasteiger partial charge in [-0.25, -0.2) is 0 Å². The minimum atomic E-state index is -0.469. The van der Waals surface area contributed by atoms with Crippen LogP contribution < -0.4 is 4.90 Å². The number of hydrogen-bond acceptors (Lipinski definition) is 1. The molecule has 9 aromatic rings. The summed E-state index contributed by atoms with van der Waals surface area (Å²) in [5, 5.41) is 0. The molecule has 9 aromatic carbocycles. The van der Waals surface area contributed by atoms with Crippen molar-refractivity contribution < 1.29 is 0 Å². The van der Waals surface area contributed by atoms with E-state index in [-0.39, 0.29) is 0 Å². The molecule has 0 saturated carbocycles. The second-order valence-corrected chi connectivity index (χ2v) is 18.0. The summed E-state index contributed by atoms with van der Waals surface area (Å²) in [6.45, 7) is 4.75. The smallest absolute Gasteiger partial charge is 0.0726 e. The second-order valence-electron chi connectivity index (χ2n) is 18.0. The van der Waals surface area contributed by atoms with Crippen LogP contribution in [0.4, 0.5) is 17.1 Å². The summed E-state index contributed by atoms with van der Waals surface area (Å²) < 4.78 is 0. The molecular weight excluding hydrogens is 759 g/mol. The lowest BCUT2D eigenvalue weighted by Gasteiger charge is -2.34. The molecule has 0 atom stereocenters. The highest BCUT2D eigenvalue weighted by atomic mass is 15.1. The zero-order valence-electron chi connectivity index (χ0n) is 36.0. The summed E-state index contributed by atoms with van der Waals surface area (Å²) in [7, 11) is 0. The van der Waals surface area contributed by atoms with Crippen molar-refractivity contribution in [2.45, 2.75) is 50.9 Å². The van der Waals surface area contributed by atoms with E-state index in [2.05, 4.69) is 225 Å². The average Bonchev–Trinajstić information content (AvgIpc) is 3.81. The van der Waals surface area contributed by atoms with Crippen molar-refractivity contribution >= 4 is 17.1 Å². The molecule has 1 heteroatoms. The van der Waals surface area contributed by atoms with Crippen LogP contribution in [-0.2, 0) is 18.3 Å². The molecule has 0 aromatic heterocycles. The number of anilines is 3. The summed E-state index contributed by atoms with van der Waals surface area (Å²) in [6, 6.07) is 77.8. The number of rotatable bonds is 7. The Hall–Kier alpha value is -7.22. The minimum absolute atomic E-state index is 0.351. The van der Waals surface area contributed by atoms with E-state index in [0.29, 0.717) is 5.92 Å². The Kier molecular flexibility index (Phi) is 8.94. The molecule has 0 amide bonds. The SMILES string of the molecule is CC(C)c1cc2c(cc1-c1cc3c(cc1N(c1ccc(-c4ccccc4)cc1)c1ccc(-c4ccccc4)cc1)C1(c4ccccc4-c4ccccc41)c1ccccc1-3)CCCC2. The van der Waals surface area contributed by atoms with Crippen molar-refractivity contribution in [2.75, 3.05) is 4.90 Å². The molecule has 0 heterocycles. The molecule has 302 valence electrons. The van der Waals surface area contributed by atoms with Gasteiger partial charge in [0.2, 0.25) is 0 Å². The van der Waals surface area contributed by atoms with E-state index in [4.69, 9.17) is 0 Å². The Labute approximate surface area is 372 Å². The Morgan fingerprint density at radius 2 is 0.794 bits per heavy atom. The second kappa shape index (κ2) is 15.0. The van der Waals surface area contributed by atoms with Crippen molar-refractivity contribution in [1.82, 2.24) is 0 Å². The molecule has 0 aliphatic heterocycles. The highest BCUT2D eigenvalue weighted by Gasteiger charge is 2.52. The number of fused-ring (bicyclic) bond motifs is 11. The largest absolute Gasteiger partial charge is 0.310 e. The fourth-order valence-electron chi connectivity index (χ4n) is 11.3. The fraction of sp³-hybridized carbons (Fsp3) is 0.129. The van der Waals surface area contributed by atoms with Crippen molar-refractivity contribution in [3.63, 3.8) is 0 Å². The van der Waals surface area contributed by atoms with E-state index in [9.17, 15) is 0 Å². The normalized spacial score (nSPS) is 13.9. The molecule has 1 nitrogen and oxygen atoms in total. The highest BCUT2D eigenvalue weighted by Crippen LogP contribution is 2.64. The first kappa shape index (κ1) is 37.5. The lowest BCUT2D eigenvalue weighted by Crippen LogP contribution is -2.26. The standard InChI is InChI=1S/C62H49N/c1-41(2)53-37-46-21-9-10-22-47(46)38-54(53)56-39-55-52-25-13-16-28-59(52)62(57-26-14-11-23-50(57)51-24-12-15-27-58(51)62)60(55)40-61(56)63(48-33-29-44(30-34-48)42-17-5-3-6-18-42)49-35-31-45(32-36-49)43-19-7-4-8-20-43/h3-8,11-20,23-41H,9-10,21-22H2,1-2H3. The van der Waals surface area contributed by atoms with Crippen LogP contribution in [-0.4, -0.2) is 0 Å². The van der Waals surface area contributed by atoms with Gasteiger partial charge in [-0.1, -0.05) is 184 Å². The molecule has 0 saturated heterocycles. The van der Waals surface area contributed by atoms with Crippen LogP contribution in [0.25, 0.3) is 55.6 Å². The van der Waals surface area contributed by atoms with Crippen LogP contribution in [0.3, 0.4) is 0 Å². The number of aryl methyl sites for hydroxylation is 2. The first-order valence-electron chi connectivity index (χ1n) is 22.8. The van der Waals surface area contributed by atoms with Gasteiger partial charge >= 0.3 is 0 Å². The Morgan fingerprint density at radius 1 is 0.365 bits per heavy atom. The van der Waals surface area contributed by atoms with E-state index in [0.717, 1.165) is 24.2 Å².